The number of para-hydroxylation sites is 1. The summed E-state index contributed by atoms with van der Waals surface area (Å²) in [5.41, 5.74) is 1.48. The molecule has 1 amide bonds. The molecule has 1 aromatic rings. The number of hydrogen-bond acceptors (Lipinski definition) is 2. The third-order valence-corrected chi connectivity index (χ3v) is 2.41. The van der Waals surface area contributed by atoms with Gasteiger partial charge in [-0.3, -0.25) is 10.1 Å². The van der Waals surface area contributed by atoms with Gasteiger partial charge in [0.1, 0.15) is 0 Å². The van der Waals surface area contributed by atoms with Gasteiger partial charge in [0.2, 0.25) is 5.91 Å². The van der Waals surface area contributed by atoms with Crippen LogP contribution in [0.4, 0.5) is 5.69 Å². The first-order valence-electron chi connectivity index (χ1n) is 5.53. The fourth-order valence-electron chi connectivity index (χ4n) is 1.35. The maximum Gasteiger partial charge on any atom is 0.221 e. The first kappa shape index (κ1) is 13.3. The van der Waals surface area contributed by atoms with Crippen LogP contribution in [-0.2, 0) is 11.3 Å². The molecule has 17 heavy (non-hydrogen) atoms. The molecule has 1 rings (SSSR count). The lowest BCUT2D eigenvalue weighted by atomic mass is 10.1. The number of hydrogen-bond donors (Lipinski definition) is 2. The molecule has 0 fully saturated rings. The molecular formula is C14H18N2O. The lowest BCUT2D eigenvalue weighted by Gasteiger charge is -2.20. The van der Waals surface area contributed by atoms with Gasteiger partial charge >= 0.3 is 0 Å². The molecule has 0 spiro atoms. The van der Waals surface area contributed by atoms with Gasteiger partial charge in [0, 0.05) is 19.2 Å². The van der Waals surface area contributed by atoms with E-state index in [9.17, 15) is 4.79 Å². The monoisotopic (exact) mass is 230 g/mol. The molecule has 2 N–H and O–H groups in total. The van der Waals surface area contributed by atoms with Crippen LogP contribution in [0.3, 0.4) is 0 Å². The van der Waals surface area contributed by atoms with E-state index in [0.717, 1.165) is 11.3 Å². The van der Waals surface area contributed by atoms with Gasteiger partial charge in [-0.1, -0.05) is 24.1 Å². The summed E-state index contributed by atoms with van der Waals surface area (Å²) in [4.78, 5) is 11.1. The molecule has 0 radical (unpaired) electrons. The Morgan fingerprint density at radius 2 is 2.06 bits per heavy atom. The van der Waals surface area contributed by atoms with Gasteiger partial charge < -0.3 is 5.32 Å². The van der Waals surface area contributed by atoms with E-state index in [-0.39, 0.29) is 11.4 Å². The molecule has 90 valence electrons. The number of carbonyl (C=O) groups is 1. The Morgan fingerprint density at radius 3 is 2.65 bits per heavy atom. The summed E-state index contributed by atoms with van der Waals surface area (Å²) in [6.45, 7) is 5.99. The fraction of sp³-hybridized carbons (Fsp3) is 0.357. The standard InChI is InChI=1S/C14H18N2O/c1-5-14(3,4)15-10-12-8-6-7-9-13(12)16-11(2)17/h1,6-9,15H,10H2,2-4H3,(H,16,17). The molecule has 0 saturated heterocycles. The van der Waals surface area contributed by atoms with Crippen molar-refractivity contribution in [2.75, 3.05) is 5.32 Å². The fourth-order valence-corrected chi connectivity index (χ4v) is 1.35. The van der Waals surface area contributed by atoms with E-state index >= 15 is 0 Å². The summed E-state index contributed by atoms with van der Waals surface area (Å²) in [6.07, 6.45) is 5.41. The Balaban J connectivity index is 2.78. The number of benzene rings is 1. The van der Waals surface area contributed by atoms with Gasteiger partial charge in [-0.05, 0) is 25.5 Å². The highest BCUT2D eigenvalue weighted by Gasteiger charge is 2.13. The normalized spacial score (nSPS) is 10.7. The quantitative estimate of drug-likeness (QED) is 0.778. The van der Waals surface area contributed by atoms with Gasteiger partial charge in [0.15, 0.2) is 0 Å². The van der Waals surface area contributed by atoms with Gasteiger partial charge in [-0.15, -0.1) is 6.42 Å². The van der Waals surface area contributed by atoms with Gasteiger partial charge in [-0.2, -0.15) is 0 Å². The van der Waals surface area contributed by atoms with Crippen LogP contribution >= 0.6 is 0 Å². The Bertz CT molecular complexity index is 444. The zero-order valence-corrected chi connectivity index (χ0v) is 10.5. The van der Waals surface area contributed by atoms with Gasteiger partial charge in [0.25, 0.3) is 0 Å². The van der Waals surface area contributed by atoms with E-state index in [2.05, 4.69) is 16.6 Å². The van der Waals surface area contributed by atoms with E-state index in [1.807, 2.05) is 38.1 Å². The van der Waals surface area contributed by atoms with Crippen LogP contribution in [0.5, 0.6) is 0 Å². The van der Waals surface area contributed by atoms with Crippen molar-refractivity contribution < 1.29 is 4.79 Å². The second-order valence-corrected chi connectivity index (χ2v) is 4.46. The summed E-state index contributed by atoms with van der Waals surface area (Å²) in [5, 5.41) is 6.05. The summed E-state index contributed by atoms with van der Waals surface area (Å²) in [5.74, 6) is 2.60. The van der Waals surface area contributed by atoms with Crippen molar-refractivity contribution in [3.63, 3.8) is 0 Å². The summed E-state index contributed by atoms with van der Waals surface area (Å²) < 4.78 is 0. The van der Waals surface area contributed by atoms with Crippen molar-refractivity contribution in [3.05, 3.63) is 29.8 Å². The Kier molecular flexibility index (Phi) is 4.30. The average Bonchev–Trinajstić information content (AvgIpc) is 2.27. The van der Waals surface area contributed by atoms with Crippen molar-refractivity contribution >= 4 is 11.6 Å². The first-order chi connectivity index (χ1) is 7.94. The van der Waals surface area contributed by atoms with Crippen LogP contribution in [-0.4, -0.2) is 11.4 Å². The SMILES string of the molecule is C#CC(C)(C)NCc1ccccc1NC(C)=O. The largest absolute Gasteiger partial charge is 0.326 e. The highest BCUT2D eigenvalue weighted by atomic mass is 16.1. The minimum atomic E-state index is -0.358. The zero-order valence-electron chi connectivity index (χ0n) is 10.5. The van der Waals surface area contributed by atoms with Crippen LogP contribution in [0.15, 0.2) is 24.3 Å². The smallest absolute Gasteiger partial charge is 0.221 e. The molecule has 1 aromatic carbocycles. The number of terminal acetylenes is 1. The molecule has 0 saturated carbocycles. The van der Waals surface area contributed by atoms with Crippen LogP contribution < -0.4 is 10.6 Å². The molecule has 3 nitrogen and oxygen atoms in total. The van der Waals surface area contributed by atoms with E-state index in [0.29, 0.717) is 6.54 Å². The molecule has 0 aliphatic rings. The maximum absolute atomic E-state index is 11.1. The van der Waals surface area contributed by atoms with Gasteiger partial charge in [-0.25, -0.2) is 0 Å². The third-order valence-electron chi connectivity index (χ3n) is 2.41. The molecule has 0 heterocycles. The van der Waals surface area contributed by atoms with Gasteiger partial charge in [0.05, 0.1) is 5.54 Å². The third kappa shape index (κ3) is 4.29. The van der Waals surface area contributed by atoms with Crippen LogP contribution in [0.2, 0.25) is 0 Å². The number of carbonyl (C=O) groups excluding carboxylic acids is 1. The zero-order chi connectivity index (χ0) is 12.9. The summed E-state index contributed by atoms with van der Waals surface area (Å²) >= 11 is 0. The number of nitrogens with one attached hydrogen (secondary N) is 2. The maximum atomic E-state index is 11.1. The average molecular weight is 230 g/mol. The van der Waals surface area contributed by atoms with Crippen molar-refractivity contribution in [2.45, 2.75) is 32.9 Å². The van der Waals surface area contributed by atoms with E-state index in [4.69, 9.17) is 6.42 Å². The molecule has 0 aliphatic heterocycles. The lowest BCUT2D eigenvalue weighted by Crippen LogP contribution is -2.37. The highest BCUT2D eigenvalue weighted by molar-refractivity contribution is 5.89. The number of amides is 1. The molecule has 0 aliphatic carbocycles. The summed E-state index contributed by atoms with van der Waals surface area (Å²) in [6, 6.07) is 7.67. The first-order valence-corrected chi connectivity index (χ1v) is 5.53. The Morgan fingerprint density at radius 1 is 1.41 bits per heavy atom. The predicted molar refractivity (Wildman–Crippen MR) is 70.5 cm³/mol. The van der Waals surface area contributed by atoms with Crippen molar-refractivity contribution in [1.82, 2.24) is 5.32 Å². The topological polar surface area (TPSA) is 41.1 Å². The second kappa shape index (κ2) is 5.51. The molecule has 0 atom stereocenters. The van der Waals surface area contributed by atoms with E-state index in [1.54, 1.807) is 0 Å². The van der Waals surface area contributed by atoms with Crippen molar-refractivity contribution in [3.8, 4) is 12.3 Å². The number of anilines is 1. The molecule has 0 unspecified atom stereocenters. The molecule has 3 heteroatoms. The minimum Gasteiger partial charge on any atom is -0.326 e. The minimum absolute atomic E-state index is 0.0753. The molecule has 0 aromatic heterocycles. The Hall–Kier alpha value is -1.79. The lowest BCUT2D eigenvalue weighted by molar-refractivity contribution is -0.114. The van der Waals surface area contributed by atoms with Crippen molar-refractivity contribution in [1.29, 1.82) is 0 Å². The summed E-state index contributed by atoms with van der Waals surface area (Å²) in [7, 11) is 0. The molecule has 0 bridgehead atoms. The second-order valence-electron chi connectivity index (χ2n) is 4.46. The number of rotatable bonds is 4. The van der Waals surface area contributed by atoms with Crippen molar-refractivity contribution in [2.24, 2.45) is 0 Å². The predicted octanol–water partition coefficient (Wildman–Crippen LogP) is 2.15. The van der Waals surface area contributed by atoms with Crippen LogP contribution in [0.1, 0.15) is 26.3 Å². The van der Waals surface area contributed by atoms with Crippen LogP contribution in [0.25, 0.3) is 0 Å². The molecular weight excluding hydrogens is 212 g/mol. The van der Waals surface area contributed by atoms with E-state index < -0.39 is 0 Å². The highest BCUT2D eigenvalue weighted by Crippen LogP contribution is 2.15. The van der Waals surface area contributed by atoms with E-state index in [1.165, 1.54) is 6.92 Å². The Labute approximate surface area is 103 Å². The van der Waals surface area contributed by atoms with Crippen LogP contribution in [0, 0.1) is 12.3 Å².